The van der Waals surface area contributed by atoms with Crippen molar-refractivity contribution in [3.63, 3.8) is 0 Å². The topological polar surface area (TPSA) is 55.4 Å². The number of nitrogens with one attached hydrogen (secondary N) is 1. The summed E-state index contributed by atoms with van der Waals surface area (Å²) in [5, 5.41) is 3.59. The Bertz CT molecular complexity index is 833. The van der Waals surface area contributed by atoms with Gasteiger partial charge in [-0.15, -0.1) is 11.3 Å². The van der Waals surface area contributed by atoms with Gasteiger partial charge in [0.15, 0.2) is 0 Å². The van der Waals surface area contributed by atoms with Crippen molar-refractivity contribution in [2.75, 3.05) is 12.4 Å². The van der Waals surface area contributed by atoms with E-state index >= 15 is 0 Å². The normalized spacial score (nSPS) is 16.5. The fourth-order valence-electron chi connectivity index (χ4n) is 3.68. The molecule has 4 nitrogen and oxygen atoms in total. The molecule has 0 radical (unpaired) electrons. The van der Waals surface area contributed by atoms with Crippen molar-refractivity contribution in [2.45, 2.75) is 46.5 Å². The Kier molecular flexibility index (Phi) is 5.70. The van der Waals surface area contributed by atoms with Crippen molar-refractivity contribution in [1.29, 1.82) is 0 Å². The van der Waals surface area contributed by atoms with E-state index in [0.717, 1.165) is 30.4 Å². The summed E-state index contributed by atoms with van der Waals surface area (Å²) in [6.07, 6.45) is 3.14. The van der Waals surface area contributed by atoms with Gasteiger partial charge in [-0.2, -0.15) is 0 Å². The molecule has 1 atom stereocenters. The van der Waals surface area contributed by atoms with Crippen LogP contribution < -0.4 is 5.32 Å². The number of anilines is 1. The minimum atomic E-state index is -0.364. The van der Waals surface area contributed by atoms with Crippen molar-refractivity contribution < 1.29 is 14.3 Å². The van der Waals surface area contributed by atoms with E-state index in [9.17, 15) is 9.59 Å². The average Bonchev–Trinajstić information content (AvgIpc) is 2.97. The highest BCUT2D eigenvalue weighted by Gasteiger charge is 2.34. The van der Waals surface area contributed by atoms with Gasteiger partial charge in [0.25, 0.3) is 0 Å². The quantitative estimate of drug-likeness (QED) is 0.764. The number of esters is 1. The molecule has 0 aliphatic heterocycles. The van der Waals surface area contributed by atoms with E-state index in [2.05, 4.69) is 26.1 Å². The van der Waals surface area contributed by atoms with E-state index in [-0.39, 0.29) is 23.7 Å². The van der Waals surface area contributed by atoms with Crippen LogP contribution in [0.25, 0.3) is 0 Å². The number of fused-ring (bicyclic) bond motifs is 1. The van der Waals surface area contributed by atoms with Gasteiger partial charge in [0.05, 0.1) is 19.1 Å². The lowest BCUT2D eigenvalue weighted by molar-refractivity contribution is -0.115. The van der Waals surface area contributed by atoms with Gasteiger partial charge >= 0.3 is 5.97 Å². The Morgan fingerprint density at radius 1 is 1.22 bits per heavy atom. The molecule has 0 bridgehead atoms. The maximum Gasteiger partial charge on any atom is 0.341 e. The van der Waals surface area contributed by atoms with Crippen molar-refractivity contribution in [3.05, 3.63) is 51.9 Å². The van der Waals surface area contributed by atoms with E-state index in [1.165, 1.54) is 23.3 Å². The molecule has 2 aromatic rings. The molecule has 1 aromatic heterocycles. The van der Waals surface area contributed by atoms with E-state index < -0.39 is 0 Å². The highest BCUT2D eigenvalue weighted by molar-refractivity contribution is 7.17. The van der Waals surface area contributed by atoms with Crippen LogP contribution in [0.2, 0.25) is 0 Å². The van der Waals surface area contributed by atoms with Crippen molar-refractivity contribution in [3.8, 4) is 0 Å². The molecule has 0 fully saturated rings. The molecule has 27 heavy (non-hydrogen) atoms. The minimum Gasteiger partial charge on any atom is -0.465 e. The smallest absolute Gasteiger partial charge is 0.341 e. The number of benzene rings is 1. The predicted octanol–water partition coefficient (Wildman–Crippen LogP) is 4.87. The second kappa shape index (κ2) is 7.85. The first-order valence-corrected chi connectivity index (χ1v) is 10.2. The van der Waals surface area contributed by atoms with E-state index in [4.69, 9.17) is 4.74 Å². The first kappa shape index (κ1) is 19.6. The van der Waals surface area contributed by atoms with Gasteiger partial charge in [0.2, 0.25) is 5.91 Å². The van der Waals surface area contributed by atoms with Crippen LogP contribution >= 0.6 is 11.3 Å². The third-order valence-electron chi connectivity index (χ3n) is 5.34. The molecular formula is C22H27NO3S. The molecular weight excluding hydrogens is 358 g/mol. The molecule has 1 amide bonds. The highest BCUT2D eigenvalue weighted by atomic mass is 32.1. The molecule has 1 N–H and O–H groups in total. The summed E-state index contributed by atoms with van der Waals surface area (Å²) in [4.78, 5) is 26.1. The first-order valence-electron chi connectivity index (χ1n) is 9.36. The van der Waals surface area contributed by atoms with Gasteiger partial charge in [-0.1, -0.05) is 51.1 Å². The van der Waals surface area contributed by atoms with Crippen molar-refractivity contribution >= 4 is 28.2 Å². The van der Waals surface area contributed by atoms with E-state index in [1.807, 2.05) is 30.3 Å². The van der Waals surface area contributed by atoms with Crippen LogP contribution in [0.1, 0.15) is 53.6 Å². The number of rotatable bonds is 4. The predicted molar refractivity (Wildman–Crippen MR) is 109 cm³/mol. The largest absolute Gasteiger partial charge is 0.465 e. The molecule has 144 valence electrons. The fraction of sp³-hybridized carbons (Fsp3) is 0.455. The van der Waals surface area contributed by atoms with Crippen LogP contribution in [0.4, 0.5) is 5.00 Å². The van der Waals surface area contributed by atoms with Crippen LogP contribution in [-0.2, 0) is 28.8 Å². The standard InChI is InChI=1S/C22H27NO3S/c1-22(2,3)15-10-11-16-17(13-15)27-20(19(16)21(25)26-4)23-18(24)12-14-8-6-5-7-9-14/h5-9,15H,10-13H2,1-4H3,(H,23,24). The zero-order chi connectivity index (χ0) is 19.6. The van der Waals surface area contributed by atoms with Gasteiger partial charge in [0.1, 0.15) is 5.00 Å². The van der Waals surface area contributed by atoms with Crippen molar-refractivity contribution in [1.82, 2.24) is 0 Å². The zero-order valence-electron chi connectivity index (χ0n) is 16.4. The third kappa shape index (κ3) is 4.41. The molecule has 1 unspecified atom stereocenters. The van der Waals surface area contributed by atoms with Crippen LogP contribution in [0.3, 0.4) is 0 Å². The number of ether oxygens (including phenoxy) is 1. The summed E-state index contributed by atoms with van der Waals surface area (Å²) in [5.74, 6) is 0.0936. The van der Waals surface area contributed by atoms with Crippen LogP contribution in [0.15, 0.2) is 30.3 Å². The fourth-order valence-corrected chi connectivity index (χ4v) is 5.01. The maximum absolute atomic E-state index is 12.5. The number of thiophene rings is 1. The summed E-state index contributed by atoms with van der Waals surface area (Å²) in [5.41, 5.74) is 2.78. The molecule has 1 aliphatic carbocycles. The number of hydrogen-bond donors (Lipinski definition) is 1. The lowest BCUT2D eigenvalue weighted by Crippen LogP contribution is -2.26. The third-order valence-corrected chi connectivity index (χ3v) is 6.51. The molecule has 0 spiro atoms. The van der Waals surface area contributed by atoms with Crippen molar-refractivity contribution in [2.24, 2.45) is 11.3 Å². The summed E-state index contributed by atoms with van der Waals surface area (Å²) >= 11 is 1.53. The Balaban J connectivity index is 1.85. The second-order valence-corrected chi connectivity index (χ2v) is 9.32. The van der Waals surface area contributed by atoms with Gasteiger partial charge in [-0.3, -0.25) is 4.79 Å². The van der Waals surface area contributed by atoms with Gasteiger partial charge in [0, 0.05) is 4.88 Å². The minimum absolute atomic E-state index is 0.114. The molecule has 3 rings (SSSR count). The molecule has 1 aromatic carbocycles. The van der Waals surface area contributed by atoms with Crippen LogP contribution in [-0.4, -0.2) is 19.0 Å². The molecule has 1 aliphatic rings. The summed E-state index contributed by atoms with van der Waals surface area (Å²) in [7, 11) is 1.39. The maximum atomic E-state index is 12.5. The lowest BCUT2D eigenvalue weighted by Gasteiger charge is -2.33. The Hall–Kier alpha value is -2.14. The summed E-state index contributed by atoms with van der Waals surface area (Å²) in [6.45, 7) is 6.79. The van der Waals surface area contributed by atoms with Gasteiger partial charge < -0.3 is 10.1 Å². The lowest BCUT2D eigenvalue weighted by atomic mass is 9.72. The molecule has 0 saturated carbocycles. The van der Waals surface area contributed by atoms with Crippen LogP contribution in [0.5, 0.6) is 0 Å². The van der Waals surface area contributed by atoms with Crippen LogP contribution in [0, 0.1) is 11.3 Å². The SMILES string of the molecule is COC(=O)c1c(NC(=O)Cc2ccccc2)sc2c1CCC(C(C)(C)C)C2. The summed E-state index contributed by atoms with van der Waals surface area (Å²) in [6, 6.07) is 9.61. The number of amides is 1. The Morgan fingerprint density at radius 3 is 2.56 bits per heavy atom. The zero-order valence-corrected chi connectivity index (χ0v) is 17.2. The van der Waals surface area contributed by atoms with Gasteiger partial charge in [-0.05, 0) is 41.7 Å². The number of carbonyl (C=O) groups excluding carboxylic acids is 2. The Morgan fingerprint density at radius 2 is 1.93 bits per heavy atom. The first-order chi connectivity index (χ1) is 12.8. The number of methoxy groups -OCH3 is 1. The second-order valence-electron chi connectivity index (χ2n) is 8.22. The highest BCUT2D eigenvalue weighted by Crippen LogP contribution is 2.44. The average molecular weight is 386 g/mol. The van der Waals surface area contributed by atoms with Gasteiger partial charge in [-0.25, -0.2) is 4.79 Å². The van der Waals surface area contributed by atoms with E-state index in [0.29, 0.717) is 16.5 Å². The molecule has 1 heterocycles. The Labute approximate surface area is 164 Å². The molecule has 0 saturated heterocycles. The number of hydrogen-bond acceptors (Lipinski definition) is 4. The van der Waals surface area contributed by atoms with E-state index in [1.54, 1.807) is 0 Å². The summed E-state index contributed by atoms with van der Waals surface area (Å²) < 4.78 is 5.01. The number of carbonyl (C=O) groups is 2. The monoisotopic (exact) mass is 385 g/mol. The molecule has 5 heteroatoms.